The topological polar surface area (TPSA) is 67.9 Å². The van der Waals surface area contributed by atoms with Crippen molar-refractivity contribution in [3.63, 3.8) is 0 Å². The van der Waals surface area contributed by atoms with Gasteiger partial charge in [0.2, 0.25) is 6.33 Å². The number of carbonyl (C=O) groups is 1. The number of hydrogen-bond donors (Lipinski definition) is 1. The first-order chi connectivity index (χ1) is 8.24. The number of carbonyl (C=O) groups excluding carboxylic acids is 1. The van der Waals surface area contributed by atoms with Gasteiger partial charge in [0.1, 0.15) is 5.75 Å². The SMILES string of the molecule is CC(=O)Oc1ccc(CSc2n[c]n[nH]2)cc1. The number of nitrogens with zero attached hydrogens (tertiary/aromatic N) is 2. The molecule has 0 aliphatic heterocycles. The molecular formula is C11H10N3O2S. The molecule has 1 heterocycles. The van der Waals surface area contributed by atoms with Gasteiger partial charge in [-0.1, -0.05) is 23.9 Å². The first-order valence-corrected chi connectivity index (χ1v) is 5.91. The van der Waals surface area contributed by atoms with E-state index >= 15 is 0 Å². The van der Waals surface area contributed by atoms with Crippen molar-refractivity contribution in [3.05, 3.63) is 36.2 Å². The molecule has 0 atom stereocenters. The molecule has 0 saturated heterocycles. The fourth-order valence-corrected chi connectivity index (χ4v) is 1.92. The highest BCUT2D eigenvalue weighted by molar-refractivity contribution is 7.98. The zero-order chi connectivity index (χ0) is 12.1. The Morgan fingerprint density at radius 1 is 1.47 bits per heavy atom. The van der Waals surface area contributed by atoms with Gasteiger partial charge in [-0.25, -0.2) is 0 Å². The van der Waals surface area contributed by atoms with E-state index in [0.717, 1.165) is 16.5 Å². The molecule has 5 nitrogen and oxygen atoms in total. The third kappa shape index (κ3) is 3.60. The summed E-state index contributed by atoms with van der Waals surface area (Å²) in [5.41, 5.74) is 1.11. The maximum atomic E-state index is 10.7. The number of rotatable bonds is 4. The molecule has 1 radical (unpaired) electrons. The lowest BCUT2D eigenvalue weighted by atomic mass is 10.2. The molecule has 1 N–H and O–H groups in total. The number of hydrogen-bond acceptors (Lipinski definition) is 5. The predicted molar refractivity (Wildman–Crippen MR) is 62.5 cm³/mol. The minimum absolute atomic E-state index is 0.315. The highest BCUT2D eigenvalue weighted by Crippen LogP contribution is 2.20. The quantitative estimate of drug-likeness (QED) is 0.508. The Morgan fingerprint density at radius 3 is 2.82 bits per heavy atom. The van der Waals surface area contributed by atoms with Crippen LogP contribution in [0.2, 0.25) is 0 Å². The molecule has 0 spiro atoms. The minimum atomic E-state index is -0.315. The van der Waals surface area contributed by atoms with Crippen LogP contribution in [0.25, 0.3) is 0 Å². The highest BCUT2D eigenvalue weighted by atomic mass is 32.2. The molecule has 0 amide bonds. The van der Waals surface area contributed by atoms with Gasteiger partial charge in [0.15, 0.2) is 5.16 Å². The molecule has 6 heteroatoms. The van der Waals surface area contributed by atoms with E-state index in [4.69, 9.17) is 4.74 Å². The standard InChI is InChI=1S/C11H10N3O2S/c1-8(15)16-10-4-2-9(3-5-10)6-17-11-12-7-13-14-11/h2-5H,6H2,1H3,(H,12,13,14). The van der Waals surface area contributed by atoms with Gasteiger partial charge >= 0.3 is 5.97 Å². The van der Waals surface area contributed by atoms with Gasteiger partial charge in [-0.2, -0.15) is 4.98 Å². The molecule has 87 valence electrons. The molecule has 0 aliphatic carbocycles. The molecule has 17 heavy (non-hydrogen) atoms. The van der Waals surface area contributed by atoms with E-state index in [0.29, 0.717) is 5.75 Å². The lowest BCUT2D eigenvalue weighted by molar-refractivity contribution is -0.131. The Balaban J connectivity index is 1.91. The second-order valence-electron chi connectivity index (χ2n) is 3.27. The molecule has 0 fully saturated rings. The third-order valence-electron chi connectivity index (χ3n) is 1.91. The lowest BCUT2D eigenvalue weighted by Gasteiger charge is -2.02. The van der Waals surface area contributed by atoms with E-state index in [9.17, 15) is 4.79 Å². The summed E-state index contributed by atoms with van der Waals surface area (Å²) in [5, 5.41) is 7.09. The molecule has 0 aliphatic rings. The number of esters is 1. The summed E-state index contributed by atoms with van der Waals surface area (Å²) in [4.78, 5) is 14.6. The minimum Gasteiger partial charge on any atom is -0.427 e. The summed E-state index contributed by atoms with van der Waals surface area (Å²) in [7, 11) is 0. The summed E-state index contributed by atoms with van der Waals surface area (Å²) in [6.45, 7) is 1.38. The van der Waals surface area contributed by atoms with Crippen molar-refractivity contribution >= 4 is 17.7 Å². The maximum absolute atomic E-state index is 10.7. The maximum Gasteiger partial charge on any atom is 0.308 e. The Kier molecular flexibility index (Phi) is 3.77. The summed E-state index contributed by atoms with van der Waals surface area (Å²) >= 11 is 1.53. The zero-order valence-corrected chi connectivity index (χ0v) is 9.95. The average Bonchev–Trinajstić information content (AvgIpc) is 2.80. The smallest absolute Gasteiger partial charge is 0.308 e. The van der Waals surface area contributed by atoms with Gasteiger partial charge in [0, 0.05) is 12.7 Å². The van der Waals surface area contributed by atoms with Crippen LogP contribution in [0.5, 0.6) is 5.75 Å². The van der Waals surface area contributed by atoms with Crippen LogP contribution >= 0.6 is 11.8 Å². The van der Waals surface area contributed by atoms with Crippen molar-refractivity contribution in [1.29, 1.82) is 0 Å². The van der Waals surface area contributed by atoms with Crippen molar-refractivity contribution in [2.45, 2.75) is 17.8 Å². The Morgan fingerprint density at radius 2 is 2.24 bits per heavy atom. The molecule has 1 aromatic carbocycles. The normalized spacial score (nSPS) is 10.2. The summed E-state index contributed by atoms with van der Waals surface area (Å²) in [6.07, 6.45) is 2.46. The van der Waals surface area contributed by atoms with Crippen LogP contribution in [0.4, 0.5) is 0 Å². The monoisotopic (exact) mass is 248 g/mol. The van der Waals surface area contributed by atoms with Gasteiger partial charge in [0.05, 0.1) is 0 Å². The van der Waals surface area contributed by atoms with E-state index in [1.54, 1.807) is 12.1 Å². The number of aromatic nitrogens is 3. The second-order valence-corrected chi connectivity index (χ2v) is 4.23. The average molecular weight is 248 g/mol. The molecule has 0 bridgehead atoms. The van der Waals surface area contributed by atoms with Crippen LogP contribution in [0.1, 0.15) is 12.5 Å². The number of nitrogens with one attached hydrogen (secondary N) is 1. The van der Waals surface area contributed by atoms with Crippen LogP contribution in [0, 0.1) is 6.33 Å². The summed E-state index contributed by atoms with van der Waals surface area (Å²) < 4.78 is 4.94. The van der Waals surface area contributed by atoms with Crippen molar-refractivity contribution in [1.82, 2.24) is 15.2 Å². The molecule has 2 aromatic rings. The van der Waals surface area contributed by atoms with E-state index in [2.05, 4.69) is 21.5 Å². The molecule has 0 unspecified atom stereocenters. The van der Waals surface area contributed by atoms with Crippen LogP contribution < -0.4 is 4.74 Å². The van der Waals surface area contributed by atoms with E-state index in [1.165, 1.54) is 18.7 Å². The Hall–Kier alpha value is -1.82. The lowest BCUT2D eigenvalue weighted by Crippen LogP contribution is -2.00. The van der Waals surface area contributed by atoms with Crippen molar-refractivity contribution in [2.24, 2.45) is 0 Å². The Bertz CT molecular complexity index is 482. The zero-order valence-electron chi connectivity index (χ0n) is 9.14. The first-order valence-electron chi connectivity index (χ1n) is 4.92. The summed E-state index contributed by atoms with van der Waals surface area (Å²) in [6, 6.07) is 7.35. The fraction of sp³-hybridized carbons (Fsp3) is 0.182. The van der Waals surface area contributed by atoms with Crippen molar-refractivity contribution < 1.29 is 9.53 Å². The van der Waals surface area contributed by atoms with Gasteiger partial charge in [0.25, 0.3) is 0 Å². The second kappa shape index (κ2) is 5.49. The number of aromatic amines is 1. The van der Waals surface area contributed by atoms with Gasteiger partial charge in [-0.3, -0.25) is 9.89 Å². The van der Waals surface area contributed by atoms with Crippen LogP contribution in [0.3, 0.4) is 0 Å². The number of thioether (sulfide) groups is 1. The largest absolute Gasteiger partial charge is 0.427 e. The van der Waals surface area contributed by atoms with E-state index < -0.39 is 0 Å². The summed E-state index contributed by atoms with van der Waals surface area (Å²) in [5.74, 6) is 1.01. The molecule has 1 aromatic heterocycles. The predicted octanol–water partition coefficient (Wildman–Crippen LogP) is 1.82. The molecule has 2 rings (SSSR count). The molecule has 0 saturated carbocycles. The highest BCUT2D eigenvalue weighted by Gasteiger charge is 2.01. The fourth-order valence-electron chi connectivity index (χ4n) is 1.20. The van der Waals surface area contributed by atoms with Gasteiger partial charge in [-0.05, 0) is 17.7 Å². The van der Waals surface area contributed by atoms with Gasteiger partial charge < -0.3 is 4.74 Å². The van der Waals surface area contributed by atoms with E-state index in [1.807, 2.05) is 12.1 Å². The van der Waals surface area contributed by atoms with Crippen molar-refractivity contribution in [2.75, 3.05) is 0 Å². The third-order valence-corrected chi connectivity index (χ3v) is 2.85. The first kappa shape index (κ1) is 11.7. The van der Waals surface area contributed by atoms with Crippen LogP contribution in [-0.2, 0) is 10.5 Å². The number of H-pyrrole nitrogens is 1. The number of benzene rings is 1. The van der Waals surface area contributed by atoms with Crippen LogP contribution in [0.15, 0.2) is 29.4 Å². The molecular weight excluding hydrogens is 238 g/mol. The Labute approximate surface area is 103 Å². The number of ether oxygens (including phenoxy) is 1. The van der Waals surface area contributed by atoms with Gasteiger partial charge in [-0.15, -0.1) is 5.10 Å². The van der Waals surface area contributed by atoms with E-state index in [-0.39, 0.29) is 5.97 Å². The van der Waals surface area contributed by atoms with Crippen molar-refractivity contribution in [3.8, 4) is 5.75 Å². The van der Waals surface area contributed by atoms with Crippen LogP contribution in [-0.4, -0.2) is 21.2 Å².